The first-order chi connectivity index (χ1) is 11.5. The van der Waals surface area contributed by atoms with Gasteiger partial charge in [0.05, 0.1) is 12.7 Å². The zero-order valence-electron chi connectivity index (χ0n) is 16.0. The van der Waals surface area contributed by atoms with Crippen molar-refractivity contribution in [1.29, 1.82) is 0 Å². The van der Waals surface area contributed by atoms with Crippen LogP contribution in [0.15, 0.2) is 24.4 Å². The Morgan fingerprint density at radius 3 is 2.00 bits per heavy atom. The molecule has 0 aliphatic rings. The summed E-state index contributed by atoms with van der Waals surface area (Å²) in [6.45, 7) is 18.3. The Balaban J connectivity index is 2.88. The lowest BCUT2D eigenvalue weighted by molar-refractivity contribution is -0.491. The molecule has 24 heavy (non-hydrogen) atoms. The molecule has 0 saturated carbocycles. The molecule has 2 rings (SSSR count). The van der Waals surface area contributed by atoms with Gasteiger partial charge >= 0.3 is 0 Å². The largest absolute Gasteiger partial charge is 0.286 e. The van der Waals surface area contributed by atoms with Crippen LogP contribution in [0.5, 0.6) is 0 Å². The fraction of sp³-hybridized carbons (Fsp3) is 0.611. The van der Waals surface area contributed by atoms with E-state index in [0.717, 1.165) is 32.7 Å². The van der Waals surface area contributed by atoms with Crippen molar-refractivity contribution in [2.45, 2.75) is 48.1 Å². The molecular formula is C18H32N4PS+. The van der Waals surface area contributed by atoms with Crippen LogP contribution in [0.3, 0.4) is 0 Å². The molecule has 4 nitrogen and oxygen atoms in total. The van der Waals surface area contributed by atoms with Gasteiger partial charge in [-0.2, -0.15) is 4.40 Å². The van der Waals surface area contributed by atoms with E-state index in [1.807, 2.05) is 0 Å². The summed E-state index contributed by atoms with van der Waals surface area (Å²) in [6.07, 6.45) is 0.153. The average molecular weight is 368 g/mol. The highest BCUT2D eigenvalue weighted by Gasteiger charge is 2.40. The third-order valence-corrected chi connectivity index (χ3v) is 10.6. The van der Waals surface area contributed by atoms with Crippen LogP contribution in [0.25, 0.3) is 5.65 Å². The van der Waals surface area contributed by atoms with Crippen molar-refractivity contribution < 1.29 is 4.40 Å². The van der Waals surface area contributed by atoms with Gasteiger partial charge in [-0.1, -0.05) is 45.6 Å². The average Bonchev–Trinajstić information content (AvgIpc) is 2.88. The maximum atomic E-state index is 6.51. The highest BCUT2D eigenvalue weighted by molar-refractivity contribution is 8.15. The summed E-state index contributed by atoms with van der Waals surface area (Å²) in [7, 11) is 0. The number of aryl methyl sites for hydroxylation is 1. The molecule has 2 aromatic rings. The van der Waals surface area contributed by atoms with E-state index in [4.69, 9.17) is 11.8 Å². The van der Waals surface area contributed by atoms with Crippen molar-refractivity contribution in [2.75, 3.05) is 26.2 Å². The summed E-state index contributed by atoms with van der Waals surface area (Å²) in [4.78, 5) is 0. The van der Waals surface area contributed by atoms with Crippen molar-refractivity contribution in [1.82, 2.24) is 13.9 Å². The van der Waals surface area contributed by atoms with Gasteiger partial charge in [-0.05, 0) is 13.0 Å². The first-order valence-electron chi connectivity index (χ1n) is 9.11. The van der Waals surface area contributed by atoms with Crippen molar-refractivity contribution in [3.63, 3.8) is 0 Å². The van der Waals surface area contributed by atoms with Crippen molar-refractivity contribution >= 4 is 29.2 Å². The lowest BCUT2D eigenvalue weighted by Gasteiger charge is -2.39. The summed E-state index contributed by atoms with van der Waals surface area (Å²) in [5.41, 5.74) is 3.87. The fourth-order valence-electron chi connectivity index (χ4n) is 3.71. The third-order valence-electron chi connectivity index (χ3n) is 4.89. The van der Waals surface area contributed by atoms with Crippen LogP contribution in [0.4, 0.5) is 0 Å². The summed E-state index contributed by atoms with van der Waals surface area (Å²) in [5.74, 6) is 0. The first kappa shape index (κ1) is 19.6. The quantitative estimate of drug-likeness (QED) is 0.526. The number of rotatable bonds is 8. The highest BCUT2D eigenvalue weighted by Crippen LogP contribution is 2.52. The van der Waals surface area contributed by atoms with Gasteiger partial charge in [0.25, 0.3) is 5.65 Å². The molecule has 0 fully saturated rings. The van der Waals surface area contributed by atoms with E-state index in [1.165, 1.54) is 16.8 Å². The van der Waals surface area contributed by atoms with E-state index in [-0.39, 0.29) is 0 Å². The zero-order chi connectivity index (χ0) is 17.9. The fourth-order valence-corrected chi connectivity index (χ4v) is 9.18. The number of pyridine rings is 1. The molecule has 0 aromatic carbocycles. The number of nitrogens with zero attached hydrogens (tertiary/aromatic N) is 4. The van der Waals surface area contributed by atoms with E-state index in [0.29, 0.717) is 0 Å². The van der Waals surface area contributed by atoms with Crippen LogP contribution >= 0.6 is 6.34 Å². The second kappa shape index (κ2) is 8.09. The molecule has 134 valence electrons. The van der Waals surface area contributed by atoms with Gasteiger partial charge < -0.3 is 0 Å². The van der Waals surface area contributed by atoms with Gasteiger partial charge in [0.15, 0.2) is 12.0 Å². The van der Waals surface area contributed by atoms with E-state index < -0.39 is 6.34 Å². The van der Waals surface area contributed by atoms with Gasteiger partial charge in [0.2, 0.25) is 5.44 Å². The van der Waals surface area contributed by atoms with Crippen LogP contribution in [0, 0.1) is 6.92 Å². The number of hydrogen-bond donors (Lipinski definition) is 0. The monoisotopic (exact) mass is 367 g/mol. The number of fused-ring (bicyclic) bond motifs is 1. The maximum Gasteiger partial charge on any atom is 0.286 e. The van der Waals surface area contributed by atoms with E-state index >= 15 is 0 Å². The predicted octanol–water partition coefficient (Wildman–Crippen LogP) is 3.17. The maximum absolute atomic E-state index is 6.51. The molecule has 2 heterocycles. The van der Waals surface area contributed by atoms with Crippen LogP contribution in [0.2, 0.25) is 0 Å². The minimum absolute atomic E-state index is 0.963. The molecule has 0 unspecified atom stereocenters. The Hall–Kier alpha value is -0.740. The molecule has 0 aliphatic heterocycles. The molecule has 0 atom stereocenters. The van der Waals surface area contributed by atoms with Gasteiger partial charge in [0, 0.05) is 39.2 Å². The lowest BCUT2D eigenvalue weighted by Crippen LogP contribution is -2.47. The molecule has 0 amide bonds. The Morgan fingerprint density at radius 1 is 1.00 bits per heavy atom. The van der Waals surface area contributed by atoms with Gasteiger partial charge in [-0.3, -0.25) is 9.34 Å². The minimum Gasteiger partial charge on any atom is -0.258 e. The number of aromatic nitrogens is 2. The number of imidazole rings is 1. The van der Waals surface area contributed by atoms with Crippen LogP contribution in [-0.4, -0.2) is 40.1 Å². The molecular weight excluding hydrogens is 335 g/mol. The predicted molar refractivity (Wildman–Crippen MR) is 108 cm³/mol. The van der Waals surface area contributed by atoms with Gasteiger partial charge in [-0.15, -0.1) is 0 Å². The van der Waals surface area contributed by atoms with Crippen molar-refractivity contribution in [2.24, 2.45) is 0 Å². The van der Waals surface area contributed by atoms with E-state index in [9.17, 15) is 0 Å². The molecule has 2 aromatic heterocycles. The SMILES string of the molecule is CCN(CC)P(=S)(c1c(C)n(CC)c2cccc[n+]12)N(CC)CC. The van der Waals surface area contributed by atoms with Crippen molar-refractivity contribution in [3.05, 3.63) is 30.1 Å². The molecule has 0 bridgehead atoms. The normalized spacial score (nSPS) is 12.7. The molecule has 0 aliphatic carbocycles. The molecule has 0 saturated heterocycles. The third kappa shape index (κ3) is 2.96. The first-order valence-corrected chi connectivity index (χ1v) is 11.8. The van der Waals surface area contributed by atoms with Gasteiger partial charge in [0.1, 0.15) is 0 Å². The second-order valence-corrected chi connectivity index (χ2v) is 10.1. The van der Waals surface area contributed by atoms with Gasteiger partial charge in [-0.25, -0.2) is 4.57 Å². The van der Waals surface area contributed by atoms with Crippen LogP contribution in [0.1, 0.15) is 40.3 Å². The Bertz CT molecular complexity index is 716. The molecule has 0 spiro atoms. The summed E-state index contributed by atoms with van der Waals surface area (Å²) in [5, 5.41) is 0. The second-order valence-electron chi connectivity index (χ2n) is 5.90. The number of hydrogen-bond acceptors (Lipinski definition) is 1. The smallest absolute Gasteiger partial charge is 0.258 e. The molecule has 6 heteroatoms. The van der Waals surface area contributed by atoms with E-state index in [1.54, 1.807) is 0 Å². The Kier molecular flexibility index (Phi) is 6.60. The van der Waals surface area contributed by atoms with E-state index in [2.05, 4.69) is 84.2 Å². The summed E-state index contributed by atoms with van der Waals surface area (Å²) < 4.78 is 9.76. The Morgan fingerprint density at radius 2 is 1.54 bits per heavy atom. The minimum atomic E-state index is -2.03. The molecule has 0 radical (unpaired) electrons. The molecule has 0 N–H and O–H groups in total. The van der Waals surface area contributed by atoms with Crippen LogP contribution < -0.4 is 9.84 Å². The lowest BCUT2D eigenvalue weighted by atomic mass is 10.5. The van der Waals surface area contributed by atoms with Crippen molar-refractivity contribution in [3.8, 4) is 0 Å². The Labute approximate surface area is 152 Å². The highest BCUT2D eigenvalue weighted by atomic mass is 32.4. The summed E-state index contributed by atoms with van der Waals surface area (Å²) >= 11 is 6.51. The topological polar surface area (TPSA) is 15.5 Å². The standard InChI is InChI=1S/C18H32N4PS/c1-7-19(8-2)23(24,20(9-3)10-4)18-16(6)21(11-5)17-14-12-13-15-22(17)18/h12-15H,7-11H2,1-6H3/q+1. The zero-order valence-corrected chi connectivity index (χ0v) is 17.7. The summed E-state index contributed by atoms with van der Waals surface area (Å²) in [6, 6.07) is 6.42. The van der Waals surface area contributed by atoms with Crippen LogP contribution in [-0.2, 0) is 18.4 Å².